The summed E-state index contributed by atoms with van der Waals surface area (Å²) in [4.78, 5) is 2.29. The summed E-state index contributed by atoms with van der Waals surface area (Å²) in [6, 6.07) is 0. The summed E-state index contributed by atoms with van der Waals surface area (Å²) in [5.41, 5.74) is 8.06. The molecule has 0 spiro atoms. The summed E-state index contributed by atoms with van der Waals surface area (Å²) in [5.74, 6) is 0. The van der Waals surface area contributed by atoms with Gasteiger partial charge in [0.2, 0.25) is 9.84 Å². The van der Waals surface area contributed by atoms with Gasteiger partial charge in [0.05, 0.1) is 0 Å². The fourth-order valence-corrected chi connectivity index (χ4v) is 0.257. The molecule has 0 aliphatic carbocycles. The van der Waals surface area contributed by atoms with Crippen molar-refractivity contribution in [3.8, 4) is 0 Å². The van der Waals surface area contributed by atoms with Crippen LogP contribution in [0, 0.1) is 0 Å². The number of rotatable bonds is 1. The van der Waals surface area contributed by atoms with Crippen molar-refractivity contribution >= 4 is 15.4 Å². The molecule has 0 N–H and O–H groups in total. The molecule has 40 valence electrons. The molecular formula is C2H4N2O2S. The molecule has 4 nitrogen and oxygen atoms in total. The van der Waals surface area contributed by atoms with Crippen molar-refractivity contribution in [1.29, 1.82) is 0 Å². The molecular weight excluding hydrogens is 116 g/mol. The average Bonchev–Trinajstić information content (AvgIpc) is 1.30. The number of sulfone groups is 1. The Morgan fingerprint density at radius 3 is 2.14 bits per heavy atom. The van der Waals surface area contributed by atoms with E-state index in [0.717, 1.165) is 6.26 Å². The largest absolute Gasteiger partial charge is 0.369 e. The molecule has 0 rings (SSSR count). The van der Waals surface area contributed by atoms with Crippen LogP contribution in [0.3, 0.4) is 0 Å². The second-order valence-electron chi connectivity index (χ2n) is 1.05. The summed E-state index contributed by atoms with van der Waals surface area (Å²) < 4.78 is 19.8. The van der Waals surface area contributed by atoms with Gasteiger partial charge in [0.15, 0.2) is 0 Å². The Morgan fingerprint density at radius 2 is 2.14 bits per heavy atom. The molecule has 0 atom stereocenters. The molecule has 7 heavy (non-hydrogen) atoms. The van der Waals surface area contributed by atoms with Crippen molar-refractivity contribution in [3.63, 3.8) is 0 Å². The van der Waals surface area contributed by atoms with E-state index < -0.39 is 9.84 Å². The Balaban J connectivity index is 4.44. The topological polar surface area (TPSA) is 70.5 Å². The van der Waals surface area contributed by atoms with E-state index in [4.69, 9.17) is 5.53 Å². The van der Waals surface area contributed by atoms with E-state index in [0.29, 0.717) is 5.55 Å². The van der Waals surface area contributed by atoms with Gasteiger partial charge < -0.3 is 5.53 Å². The van der Waals surface area contributed by atoms with E-state index in [1.165, 1.54) is 0 Å². The Labute approximate surface area is 41.3 Å². The maximum atomic E-state index is 9.92. The van der Waals surface area contributed by atoms with Crippen LogP contribution in [0.1, 0.15) is 0 Å². The highest BCUT2D eigenvalue weighted by molar-refractivity contribution is 8.03. The first kappa shape index (κ1) is 6.33. The van der Waals surface area contributed by atoms with E-state index in [1.807, 2.05) is 0 Å². The lowest BCUT2D eigenvalue weighted by atomic mass is 11.7. The summed E-state index contributed by atoms with van der Waals surface area (Å²) >= 11 is 0. The van der Waals surface area contributed by atoms with Crippen LogP contribution < -0.4 is 0 Å². The van der Waals surface area contributed by atoms with Gasteiger partial charge in [-0.25, -0.2) is 8.42 Å². The van der Waals surface area contributed by atoms with E-state index in [9.17, 15) is 8.42 Å². The summed E-state index contributed by atoms with van der Waals surface area (Å²) in [7, 11) is -3.22. The lowest BCUT2D eigenvalue weighted by Gasteiger charge is -1.66. The molecule has 0 bridgehead atoms. The number of hydrogen-bond donors (Lipinski definition) is 0. The Morgan fingerprint density at radius 1 is 1.71 bits per heavy atom. The fourth-order valence-electron chi connectivity index (χ4n) is 0.0856. The molecule has 0 aromatic rings. The maximum Gasteiger partial charge on any atom is 0.369 e. The third-order valence-corrected chi connectivity index (χ3v) is 0.716. The molecule has 0 aliphatic rings. The first-order valence-corrected chi connectivity index (χ1v) is 3.39. The van der Waals surface area contributed by atoms with Gasteiger partial charge in [-0.15, -0.1) is 0 Å². The molecule has 0 radical (unpaired) electrons. The minimum Gasteiger partial charge on any atom is -0.361 e. The monoisotopic (exact) mass is 120 g/mol. The van der Waals surface area contributed by atoms with Crippen LogP contribution in [-0.2, 0) is 9.84 Å². The minimum absolute atomic E-state index is 0.465. The molecule has 0 heterocycles. The molecule has 0 aromatic carbocycles. The van der Waals surface area contributed by atoms with Gasteiger partial charge >= 0.3 is 5.55 Å². The van der Waals surface area contributed by atoms with Crippen LogP contribution in [-0.4, -0.2) is 25.0 Å². The van der Waals surface area contributed by atoms with E-state index in [2.05, 4.69) is 4.79 Å². The lowest BCUT2D eigenvalue weighted by Crippen LogP contribution is -1.95. The first-order valence-electron chi connectivity index (χ1n) is 1.44. The molecule has 0 aliphatic heterocycles. The van der Waals surface area contributed by atoms with Gasteiger partial charge in [-0.3, -0.25) is 0 Å². The third-order valence-electron chi connectivity index (χ3n) is 0.239. The molecule has 0 amide bonds. The van der Waals surface area contributed by atoms with Gasteiger partial charge in [-0.05, 0) is 0 Å². The predicted molar refractivity (Wildman–Crippen MR) is 24.5 cm³/mol. The predicted octanol–water partition coefficient (Wildman–Crippen LogP) is -0.711. The highest BCUT2D eigenvalue weighted by Crippen LogP contribution is 1.66. The SMILES string of the molecule is CS(=O)(=O)C=[N+]=[N-]. The maximum absolute atomic E-state index is 9.92. The second-order valence-corrected chi connectivity index (χ2v) is 2.92. The Kier molecular flexibility index (Phi) is 1.68. The summed E-state index contributed by atoms with van der Waals surface area (Å²) in [6.45, 7) is 0. The van der Waals surface area contributed by atoms with Crippen LogP contribution >= 0.6 is 0 Å². The smallest absolute Gasteiger partial charge is 0.361 e. The van der Waals surface area contributed by atoms with Gasteiger partial charge in [-0.1, -0.05) is 0 Å². The molecule has 5 heteroatoms. The molecule has 0 saturated heterocycles. The fraction of sp³-hybridized carbons (Fsp3) is 0.500. The van der Waals surface area contributed by atoms with Gasteiger partial charge in [-0.2, -0.15) is 4.79 Å². The van der Waals surface area contributed by atoms with E-state index in [-0.39, 0.29) is 0 Å². The van der Waals surface area contributed by atoms with E-state index >= 15 is 0 Å². The second kappa shape index (κ2) is 1.86. The van der Waals surface area contributed by atoms with Crippen LogP contribution in [0.2, 0.25) is 0 Å². The van der Waals surface area contributed by atoms with Gasteiger partial charge in [0.25, 0.3) is 0 Å². The normalized spacial score (nSPS) is 9.86. The minimum atomic E-state index is -3.22. The zero-order chi connectivity index (χ0) is 5.91. The summed E-state index contributed by atoms with van der Waals surface area (Å²) in [6.07, 6.45) is 0.937. The van der Waals surface area contributed by atoms with Crippen LogP contribution in [0.5, 0.6) is 0 Å². The van der Waals surface area contributed by atoms with Crippen molar-refractivity contribution in [2.45, 2.75) is 0 Å². The van der Waals surface area contributed by atoms with Crippen LogP contribution in [0.15, 0.2) is 0 Å². The quantitative estimate of drug-likeness (QED) is 0.198. The van der Waals surface area contributed by atoms with Crippen LogP contribution in [0.25, 0.3) is 5.53 Å². The highest BCUT2D eigenvalue weighted by atomic mass is 32.2. The molecule has 0 saturated carbocycles. The van der Waals surface area contributed by atoms with Crippen molar-refractivity contribution in [2.24, 2.45) is 0 Å². The van der Waals surface area contributed by atoms with Crippen molar-refractivity contribution in [1.82, 2.24) is 0 Å². The molecule has 0 aromatic heterocycles. The highest BCUT2D eigenvalue weighted by Gasteiger charge is 1.97. The van der Waals surface area contributed by atoms with Crippen molar-refractivity contribution in [2.75, 3.05) is 6.26 Å². The lowest BCUT2D eigenvalue weighted by molar-refractivity contribution is 0.00759. The Hall–Kier alpha value is -0.670. The zero-order valence-corrected chi connectivity index (χ0v) is 4.51. The van der Waals surface area contributed by atoms with Gasteiger partial charge in [0.1, 0.15) is 0 Å². The summed E-state index contributed by atoms with van der Waals surface area (Å²) in [5, 5.41) is 0. The molecule has 0 unspecified atom stereocenters. The van der Waals surface area contributed by atoms with E-state index in [1.54, 1.807) is 0 Å². The third kappa shape index (κ3) is 5.33. The molecule has 0 fully saturated rings. The number of nitrogens with zero attached hydrogens (tertiary/aromatic N) is 2. The van der Waals surface area contributed by atoms with Crippen molar-refractivity contribution in [3.05, 3.63) is 5.53 Å². The first-order chi connectivity index (χ1) is 3.06. The van der Waals surface area contributed by atoms with Gasteiger partial charge in [0, 0.05) is 6.26 Å². The zero-order valence-electron chi connectivity index (χ0n) is 3.70. The van der Waals surface area contributed by atoms with Crippen molar-refractivity contribution < 1.29 is 13.2 Å². The van der Waals surface area contributed by atoms with Crippen LogP contribution in [0.4, 0.5) is 0 Å². The number of hydrogen-bond acceptors (Lipinski definition) is 2. The average molecular weight is 120 g/mol. The standard InChI is InChI=1S/C2H4N2O2S/c1-7(5,6)2-4-3/h2H,1H3. The Bertz CT molecular complexity index is 186.